The van der Waals surface area contributed by atoms with Gasteiger partial charge in [-0.15, -0.1) is 0 Å². The van der Waals surface area contributed by atoms with Crippen molar-refractivity contribution in [1.29, 1.82) is 0 Å². The smallest absolute Gasteiger partial charge is 0.409 e. The summed E-state index contributed by atoms with van der Waals surface area (Å²) in [5.74, 6) is -0.411. The molecule has 2 aliphatic rings. The van der Waals surface area contributed by atoms with E-state index in [4.69, 9.17) is 9.47 Å². The summed E-state index contributed by atoms with van der Waals surface area (Å²) in [7, 11) is 0. The summed E-state index contributed by atoms with van der Waals surface area (Å²) >= 11 is 0. The predicted octanol–water partition coefficient (Wildman–Crippen LogP) is -0.0276. The van der Waals surface area contributed by atoms with Gasteiger partial charge in [0.05, 0.1) is 19.8 Å². The Balaban J connectivity index is 1.68. The highest BCUT2D eigenvalue weighted by Gasteiger charge is 2.26. The van der Waals surface area contributed by atoms with Crippen LogP contribution in [0.25, 0.3) is 0 Å². The van der Waals surface area contributed by atoms with Gasteiger partial charge >= 0.3 is 6.09 Å². The molecular formula is C15H25N3O5. The fraction of sp³-hybridized carbons (Fsp3) is 0.800. The van der Waals surface area contributed by atoms with Gasteiger partial charge in [-0.25, -0.2) is 4.79 Å². The minimum absolute atomic E-state index is 0.00525. The van der Waals surface area contributed by atoms with Crippen molar-refractivity contribution in [2.75, 3.05) is 46.0 Å². The van der Waals surface area contributed by atoms with E-state index in [1.807, 2.05) is 0 Å². The van der Waals surface area contributed by atoms with Crippen LogP contribution >= 0.6 is 0 Å². The molecule has 0 bridgehead atoms. The zero-order chi connectivity index (χ0) is 16.7. The predicted molar refractivity (Wildman–Crippen MR) is 81.8 cm³/mol. The summed E-state index contributed by atoms with van der Waals surface area (Å²) in [6.45, 7) is 5.39. The molecule has 0 aromatic carbocycles. The van der Waals surface area contributed by atoms with Crippen molar-refractivity contribution < 1.29 is 23.9 Å². The van der Waals surface area contributed by atoms with Gasteiger partial charge in [0.15, 0.2) is 0 Å². The first-order valence-electron chi connectivity index (χ1n) is 8.16. The zero-order valence-corrected chi connectivity index (χ0v) is 13.6. The monoisotopic (exact) mass is 327 g/mol. The van der Waals surface area contributed by atoms with Crippen molar-refractivity contribution in [3.8, 4) is 0 Å². The van der Waals surface area contributed by atoms with E-state index in [1.165, 1.54) is 0 Å². The van der Waals surface area contributed by atoms with Gasteiger partial charge in [-0.3, -0.25) is 9.59 Å². The van der Waals surface area contributed by atoms with Crippen LogP contribution in [0.3, 0.4) is 0 Å². The minimum atomic E-state index is -0.306. The normalized spacial score (nSPS) is 19.3. The minimum Gasteiger partial charge on any atom is -0.450 e. The maximum absolute atomic E-state index is 12.0. The molecule has 8 heteroatoms. The molecule has 1 N–H and O–H groups in total. The van der Waals surface area contributed by atoms with Crippen molar-refractivity contribution in [3.63, 3.8) is 0 Å². The second kappa shape index (κ2) is 8.71. The average molecular weight is 327 g/mol. The SMILES string of the molecule is CCOC(=O)N1CCC(NC(=O)CC(=O)N2CCOCC2)CC1. The number of amides is 3. The van der Waals surface area contributed by atoms with Crippen molar-refractivity contribution in [2.24, 2.45) is 0 Å². The second-order valence-electron chi connectivity index (χ2n) is 5.70. The number of morpholine rings is 1. The van der Waals surface area contributed by atoms with Gasteiger partial charge in [0, 0.05) is 32.2 Å². The Morgan fingerprint density at radius 1 is 1.09 bits per heavy atom. The Labute approximate surface area is 136 Å². The number of carbonyl (C=O) groups is 3. The quantitative estimate of drug-likeness (QED) is 0.733. The Kier molecular flexibility index (Phi) is 6.64. The second-order valence-corrected chi connectivity index (χ2v) is 5.70. The van der Waals surface area contributed by atoms with E-state index in [-0.39, 0.29) is 30.4 Å². The molecule has 0 spiro atoms. The van der Waals surface area contributed by atoms with Gasteiger partial charge < -0.3 is 24.6 Å². The third-order valence-electron chi connectivity index (χ3n) is 4.06. The summed E-state index contributed by atoms with van der Waals surface area (Å²) in [6.07, 6.45) is 0.921. The van der Waals surface area contributed by atoms with Gasteiger partial charge in [-0.05, 0) is 19.8 Å². The van der Waals surface area contributed by atoms with Crippen LogP contribution in [0.1, 0.15) is 26.2 Å². The molecule has 8 nitrogen and oxygen atoms in total. The molecule has 0 radical (unpaired) electrons. The molecule has 0 aliphatic carbocycles. The topological polar surface area (TPSA) is 88.2 Å². The van der Waals surface area contributed by atoms with Crippen molar-refractivity contribution in [1.82, 2.24) is 15.1 Å². The first-order valence-corrected chi connectivity index (χ1v) is 8.16. The van der Waals surface area contributed by atoms with Crippen LogP contribution in [0.2, 0.25) is 0 Å². The lowest BCUT2D eigenvalue weighted by Crippen LogP contribution is -2.48. The number of ether oxygens (including phenoxy) is 2. The highest BCUT2D eigenvalue weighted by molar-refractivity contribution is 5.97. The van der Waals surface area contributed by atoms with Crippen molar-refractivity contribution >= 4 is 17.9 Å². The lowest BCUT2D eigenvalue weighted by molar-refractivity contribution is -0.139. The van der Waals surface area contributed by atoms with Crippen molar-refractivity contribution in [3.05, 3.63) is 0 Å². The van der Waals surface area contributed by atoms with E-state index < -0.39 is 0 Å². The average Bonchev–Trinajstić information content (AvgIpc) is 2.56. The molecule has 23 heavy (non-hydrogen) atoms. The Morgan fingerprint density at radius 2 is 1.74 bits per heavy atom. The number of rotatable bonds is 4. The largest absolute Gasteiger partial charge is 0.450 e. The Morgan fingerprint density at radius 3 is 2.35 bits per heavy atom. The van der Waals surface area contributed by atoms with Crippen molar-refractivity contribution in [2.45, 2.75) is 32.2 Å². The van der Waals surface area contributed by atoms with E-state index in [9.17, 15) is 14.4 Å². The van der Waals surface area contributed by atoms with Crippen LogP contribution in [-0.2, 0) is 19.1 Å². The Hall–Kier alpha value is -1.83. The van der Waals surface area contributed by atoms with Crippen LogP contribution in [0.15, 0.2) is 0 Å². The molecule has 3 amide bonds. The van der Waals surface area contributed by atoms with E-state index in [2.05, 4.69) is 5.32 Å². The standard InChI is InChI=1S/C15H25N3O5/c1-2-23-15(21)18-5-3-12(4-6-18)16-13(19)11-14(20)17-7-9-22-10-8-17/h12H,2-11H2,1H3,(H,16,19). The maximum Gasteiger partial charge on any atom is 0.409 e. The highest BCUT2D eigenvalue weighted by Crippen LogP contribution is 2.12. The number of carbonyl (C=O) groups excluding carboxylic acids is 3. The van der Waals surface area contributed by atoms with Gasteiger partial charge in [-0.1, -0.05) is 0 Å². The first kappa shape index (κ1) is 17.5. The fourth-order valence-electron chi connectivity index (χ4n) is 2.76. The van der Waals surface area contributed by atoms with Crippen LogP contribution in [0.4, 0.5) is 4.79 Å². The molecule has 2 rings (SSSR count). The summed E-state index contributed by atoms with van der Waals surface area (Å²) in [5.41, 5.74) is 0. The molecule has 0 unspecified atom stereocenters. The molecule has 2 heterocycles. The third kappa shape index (κ3) is 5.38. The number of piperidine rings is 1. The highest BCUT2D eigenvalue weighted by atomic mass is 16.6. The fourth-order valence-corrected chi connectivity index (χ4v) is 2.76. The molecule has 2 aliphatic heterocycles. The van der Waals surface area contributed by atoms with Gasteiger partial charge in [0.2, 0.25) is 11.8 Å². The molecule has 0 saturated carbocycles. The lowest BCUT2D eigenvalue weighted by atomic mass is 10.1. The number of nitrogens with one attached hydrogen (secondary N) is 1. The van der Waals surface area contributed by atoms with Gasteiger partial charge in [0.25, 0.3) is 0 Å². The van der Waals surface area contributed by atoms with Gasteiger partial charge in [-0.2, -0.15) is 0 Å². The maximum atomic E-state index is 12.0. The van der Waals surface area contributed by atoms with E-state index >= 15 is 0 Å². The van der Waals surface area contributed by atoms with Crippen LogP contribution < -0.4 is 5.32 Å². The Bertz CT molecular complexity index is 429. The molecule has 2 fully saturated rings. The number of likely N-dealkylation sites (tertiary alicyclic amines) is 1. The number of hydrogen-bond donors (Lipinski definition) is 1. The molecule has 2 saturated heterocycles. The lowest BCUT2D eigenvalue weighted by Gasteiger charge is -2.32. The van der Waals surface area contributed by atoms with Crippen LogP contribution in [-0.4, -0.2) is 79.7 Å². The number of hydrogen-bond acceptors (Lipinski definition) is 5. The van der Waals surface area contributed by atoms with Crippen LogP contribution in [0.5, 0.6) is 0 Å². The van der Waals surface area contributed by atoms with E-state index in [1.54, 1.807) is 16.7 Å². The molecule has 130 valence electrons. The van der Waals surface area contributed by atoms with E-state index in [0.717, 1.165) is 0 Å². The molecular weight excluding hydrogens is 302 g/mol. The summed E-state index contributed by atoms with van der Waals surface area (Å²) in [6, 6.07) is 0.00525. The van der Waals surface area contributed by atoms with Crippen LogP contribution in [0, 0.1) is 0 Å². The molecule has 0 aromatic rings. The molecule has 0 atom stereocenters. The third-order valence-corrected chi connectivity index (χ3v) is 4.06. The summed E-state index contributed by atoms with van der Waals surface area (Å²) in [5, 5.41) is 2.88. The van der Waals surface area contributed by atoms with Gasteiger partial charge in [0.1, 0.15) is 6.42 Å². The number of nitrogens with zero attached hydrogens (tertiary/aromatic N) is 2. The first-order chi connectivity index (χ1) is 11.1. The summed E-state index contributed by atoms with van der Waals surface area (Å²) in [4.78, 5) is 38.9. The zero-order valence-electron chi connectivity index (χ0n) is 13.6. The van der Waals surface area contributed by atoms with E-state index in [0.29, 0.717) is 58.8 Å². The molecule has 0 aromatic heterocycles. The summed E-state index contributed by atoms with van der Waals surface area (Å²) < 4.78 is 10.1.